The zero-order chi connectivity index (χ0) is 21.0. The monoisotopic (exact) mass is 448 g/mol. The molecular weight excluding hydrogens is 431 g/mol. The van der Waals surface area contributed by atoms with Crippen LogP contribution in [0.1, 0.15) is 16.7 Å². The molecule has 0 bridgehead atoms. The fourth-order valence-corrected chi connectivity index (χ4v) is 4.13. The summed E-state index contributed by atoms with van der Waals surface area (Å²) >= 11 is 13.0. The molecule has 150 valence electrons. The lowest BCUT2D eigenvalue weighted by molar-refractivity contribution is -0.124. The molecule has 0 unspecified atom stereocenters. The van der Waals surface area contributed by atoms with Gasteiger partial charge in [0.15, 0.2) is 0 Å². The summed E-state index contributed by atoms with van der Waals surface area (Å²) in [6, 6.07) is 12.7. The van der Waals surface area contributed by atoms with Gasteiger partial charge >= 0.3 is 0 Å². The maximum atomic E-state index is 12.5. The number of carbonyl (C=O) groups excluding carboxylic acids is 3. The molecule has 1 saturated heterocycles. The lowest BCUT2D eigenvalue weighted by Gasteiger charge is -2.13. The standard InChI is InChI=1S/C21H18Cl2N2O3S/c1-13-5-7-14(8-6-13)11-18-20(27)25(21(28)29-18)10-9-24-19(26)12-15-16(22)3-2-4-17(15)23/h2-8,11H,9-10,12H2,1H3,(H,24,26). The first kappa shape index (κ1) is 21.4. The number of rotatable bonds is 6. The number of carbonyl (C=O) groups is 3. The van der Waals surface area contributed by atoms with Crippen molar-refractivity contribution in [2.75, 3.05) is 13.1 Å². The molecule has 2 aromatic rings. The first-order valence-corrected chi connectivity index (χ1v) is 10.4. The highest BCUT2D eigenvalue weighted by molar-refractivity contribution is 8.18. The van der Waals surface area contributed by atoms with Gasteiger partial charge in [-0.25, -0.2) is 0 Å². The summed E-state index contributed by atoms with van der Waals surface area (Å²) in [7, 11) is 0. The zero-order valence-electron chi connectivity index (χ0n) is 15.6. The van der Waals surface area contributed by atoms with Crippen molar-refractivity contribution in [1.82, 2.24) is 10.2 Å². The van der Waals surface area contributed by atoms with Gasteiger partial charge in [-0.2, -0.15) is 0 Å². The Labute approximate surface area is 183 Å². The van der Waals surface area contributed by atoms with Crippen molar-refractivity contribution < 1.29 is 14.4 Å². The molecule has 3 amide bonds. The number of thioether (sulfide) groups is 1. The highest BCUT2D eigenvalue weighted by Crippen LogP contribution is 2.32. The highest BCUT2D eigenvalue weighted by atomic mass is 35.5. The average molecular weight is 449 g/mol. The number of hydrogen-bond acceptors (Lipinski definition) is 4. The van der Waals surface area contributed by atoms with Gasteiger partial charge < -0.3 is 5.32 Å². The quantitative estimate of drug-likeness (QED) is 0.650. The van der Waals surface area contributed by atoms with Crippen molar-refractivity contribution in [2.45, 2.75) is 13.3 Å². The van der Waals surface area contributed by atoms with Crippen LogP contribution in [0.5, 0.6) is 0 Å². The van der Waals surface area contributed by atoms with Gasteiger partial charge in [-0.05, 0) is 48.0 Å². The number of halogens is 2. The Hall–Kier alpha value is -2.28. The molecule has 0 radical (unpaired) electrons. The Kier molecular flexibility index (Phi) is 7.00. The first-order chi connectivity index (χ1) is 13.8. The second-order valence-electron chi connectivity index (χ2n) is 6.47. The van der Waals surface area contributed by atoms with Crippen LogP contribution >= 0.6 is 35.0 Å². The third-order valence-electron chi connectivity index (χ3n) is 4.31. The Morgan fingerprint density at radius 3 is 2.41 bits per heavy atom. The molecule has 29 heavy (non-hydrogen) atoms. The predicted octanol–water partition coefficient (Wildman–Crippen LogP) is 4.70. The van der Waals surface area contributed by atoms with Crippen LogP contribution in [0.4, 0.5) is 4.79 Å². The second kappa shape index (κ2) is 9.48. The van der Waals surface area contributed by atoms with Crippen LogP contribution in [0.2, 0.25) is 10.0 Å². The van der Waals surface area contributed by atoms with E-state index < -0.39 is 0 Å². The minimum Gasteiger partial charge on any atom is -0.354 e. The fraction of sp³-hybridized carbons (Fsp3) is 0.190. The minimum atomic E-state index is -0.357. The van der Waals surface area contributed by atoms with E-state index in [1.165, 1.54) is 0 Å². The van der Waals surface area contributed by atoms with E-state index in [0.29, 0.717) is 20.5 Å². The van der Waals surface area contributed by atoms with E-state index >= 15 is 0 Å². The summed E-state index contributed by atoms with van der Waals surface area (Å²) in [5.74, 6) is -0.647. The number of benzene rings is 2. The van der Waals surface area contributed by atoms with E-state index in [1.807, 2.05) is 31.2 Å². The van der Waals surface area contributed by atoms with Crippen LogP contribution in [0.15, 0.2) is 47.4 Å². The van der Waals surface area contributed by atoms with Gasteiger partial charge in [-0.3, -0.25) is 19.3 Å². The van der Waals surface area contributed by atoms with Crippen LogP contribution < -0.4 is 5.32 Å². The van der Waals surface area contributed by atoms with Crippen molar-refractivity contribution in [3.8, 4) is 0 Å². The summed E-state index contributed by atoms with van der Waals surface area (Å²) < 4.78 is 0. The third-order valence-corrected chi connectivity index (χ3v) is 5.92. The molecule has 0 aromatic heterocycles. The minimum absolute atomic E-state index is 0.0216. The first-order valence-electron chi connectivity index (χ1n) is 8.87. The molecule has 8 heteroatoms. The van der Waals surface area contributed by atoms with Crippen molar-refractivity contribution in [3.63, 3.8) is 0 Å². The molecule has 2 aromatic carbocycles. The van der Waals surface area contributed by atoms with Gasteiger partial charge in [-0.15, -0.1) is 0 Å². The molecule has 0 spiro atoms. The topological polar surface area (TPSA) is 66.5 Å². The molecule has 1 fully saturated rings. The summed E-state index contributed by atoms with van der Waals surface area (Å²) in [6.45, 7) is 2.22. The SMILES string of the molecule is Cc1ccc(C=C2SC(=O)N(CCNC(=O)Cc3c(Cl)cccc3Cl)C2=O)cc1. The van der Waals surface area contributed by atoms with Gasteiger partial charge in [0.1, 0.15) is 0 Å². The zero-order valence-corrected chi connectivity index (χ0v) is 17.9. The number of amides is 3. The Morgan fingerprint density at radius 2 is 1.76 bits per heavy atom. The van der Waals surface area contributed by atoms with Crippen LogP contribution in [-0.2, 0) is 16.0 Å². The molecule has 1 N–H and O–H groups in total. The molecule has 1 aliphatic heterocycles. The number of aryl methyl sites for hydroxylation is 1. The Balaban J connectivity index is 1.55. The predicted molar refractivity (Wildman–Crippen MR) is 117 cm³/mol. The number of hydrogen-bond donors (Lipinski definition) is 1. The number of imide groups is 1. The Morgan fingerprint density at radius 1 is 1.10 bits per heavy atom. The van der Waals surface area contributed by atoms with Gasteiger partial charge in [0.2, 0.25) is 5.91 Å². The largest absolute Gasteiger partial charge is 0.354 e. The lowest BCUT2D eigenvalue weighted by atomic mass is 10.1. The van der Waals surface area contributed by atoms with Gasteiger partial charge in [0, 0.05) is 23.1 Å². The van der Waals surface area contributed by atoms with Gasteiger partial charge in [0.25, 0.3) is 11.1 Å². The molecular formula is C21H18Cl2N2O3S. The molecule has 0 saturated carbocycles. The Bertz CT molecular complexity index is 970. The molecule has 0 aliphatic carbocycles. The van der Waals surface area contributed by atoms with Crippen LogP contribution in [0.25, 0.3) is 6.08 Å². The highest BCUT2D eigenvalue weighted by Gasteiger charge is 2.34. The lowest BCUT2D eigenvalue weighted by Crippen LogP contribution is -2.37. The van der Waals surface area contributed by atoms with Crippen LogP contribution in [-0.4, -0.2) is 35.0 Å². The summed E-state index contributed by atoms with van der Waals surface area (Å²) in [4.78, 5) is 38.3. The average Bonchev–Trinajstić information content (AvgIpc) is 2.94. The van der Waals surface area contributed by atoms with Crippen molar-refractivity contribution >= 4 is 58.1 Å². The number of nitrogens with one attached hydrogen (secondary N) is 1. The van der Waals surface area contributed by atoms with Gasteiger partial charge in [-0.1, -0.05) is 59.1 Å². The summed E-state index contributed by atoms with van der Waals surface area (Å²) in [5.41, 5.74) is 2.51. The van der Waals surface area contributed by atoms with Crippen molar-refractivity contribution in [2.24, 2.45) is 0 Å². The molecule has 3 rings (SSSR count). The molecule has 5 nitrogen and oxygen atoms in total. The summed E-state index contributed by atoms with van der Waals surface area (Å²) in [6.07, 6.45) is 1.72. The maximum Gasteiger partial charge on any atom is 0.293 e. The van der Waals surface area contributed by atoms with E-state index in [1.54, 1.807) is 24.3 Å². The smallest absolute Gasteiger partial charge is 0.293 e. The van der Waals surface area contributed by atoms with Crippen LogP contribution in [0.3, 0.4) is 0 Å². The molecule has 0 atom stereocenters. The van der Waals surface area contributed by atoms with E-state index in [0.717, 1.165) is 27.8 Å². The molecule has 1 aliphatic rings. The fourth-order valence-electron chi connectivity index (χ4n) is 2.74. The number of nitrogens with zero attached hydrogens (tertiary/aromatic N) is 1. The van der Waals surface area contributed by atoms with E-state index in [9.17, 15) is 14.4 Å². The van der Waals surface area contributed by atoms with Gasteiger partial charge in [0.05, 0.1) is 11.3 Å². The summed E-state index contributed by atoms with van der Waals surface area (Å²) in [5, 5.41) is 3.18. The van der Waals surface area contributed by atoms with E-state index in [2.05, 4.69) is 5.32 Å². The maximum absolute atomic E-state index is 12.5. The second-order valence-corrected chi connectivity index (χ2v) is 8.28. The van der Waals surface area contributed by atoms with E-state index in [4.69, 9.17) is 23.2 Å². The molecule has 1 heterocycles. The normalized spacial score (nSPS) is 15.3. The van der Waals surface area contributed by atoms with Crippen molar-refractivity contribution in [3.05, 3.63) is 74.1 Å². The van der Waals surface area contributed by atoms with Crippen molar-refractivity contribution in [1.29, 1.82) is 0 Å². The van der Waals surface area contributed by atoms with Crippen LogP contribution in [0, 0.1) is 6.92 Å². The third kappa shape index (κ3) is 5.41. The van der Waals surface area contributed by atoms with E-state index in [-0.39, 0.29) is 36.6 Å².